The molecule has 1 amide bonds. The lowest BCUT2D eigenvalue weighted by molar-refractivity contribution is 0.0749. The lowest BCUT2D eigenvalue weighted by Gasteiger charge is -2.21. The number of hydrogen-bond acceptors (Lipinski definition) is 4. The van der Waals surface area contributed by atoms with Gasteiger partial charge >= 0.3 is 0 Å². The van der Waals surface area contributed by atoms with E-state index in [1.807, 2.05) is 11.0 Å². The maximum absolute atomic E-state index is 12.6. The van der Waals surface area contributed by atoms with Crippen molar-refractivity contribution in [3.05, 3.63) is 53.3 Å². The zero-order valence-electron chi connectivity index (χ0n) is 14.7. The zero-order chi connectivity index (χ0) is 17.4. The van der Waals surface area contributed by atoms with Gasteiger partial charge in [-0.25, -0.2) is 9.97 Å². The maximum Gasteiger partial charge on any atom is 0.272 e. The van der Waals surface area contributed by atoms with Crippen molar-refractivity contribution < 1.29 is 4.79 Å². The van der Waals surface area contributed by atoms with Crippen LogP contribution in [0.1, 0.15) is 48.3 Å². The van der Waals surface area contributed by atoms with Crippen LogP contribution in [0.25, 0.3) is 0 Å². The minimum atomic E-state index is -0.0281. The fourth-order valence-electron chi connectivity index (χ4n) is 2.58. The van der Waals surface area contributed by atoms with Crippen LogP contribution < -0.4 is 5.32 Å². The normalized spacial score (nSPS) is 10.5. The standard InChI is InChI=1S/C19H26N4O/c1-4-11-23(12-5-2)18(24)17-9-10-20-19(22-17)21-14-16-8-6-7-15(3)13-16/h6-10,13H,4-5,11-12,14H2,1-3H3,(H,20,21,22). The van der Waals surface area contributed by atoms with E-state index in [9.17, 15) is 4.79 Å². The van der Waals surface area contributed by atoms with Crippen LogP contribution in [-0.4, -0.2) is 33.9 Å². The number of amides is 1. The number of anilines is 1. The molecule has 0 bridgehead atoms. The fourth-order valence-corrected chi connectivity index (χ4v) is 2.58. The van der Waals surface area contributed by atoms with E-state index in [4.69, 9.17) is 0 Å². The first-order valence-corrected chi connectivity index (χ1v) is 8.55. The summed E-state index contributed by atoms with van der Waals surface area (Å²) < 4.78 is 0. The Morgan fingerprint density at radius 1 is 1.17 bits per heavy atom. The van der Waals surface area contributed by atoms with Crippen molar-refractivity contribution in [1.29, 1.82) is 0 Å². The Kier molecular flexibility index (Phi) is 6.73. The Balaban J connectivity index is 2.06. The number of carbonyl (C=O) groups is 1. The molecule has 5 nitrogen and oxygen atoms in total. The number of nitrogens with zero attached hydrogens (tertiary/aromatic N) is 3. The Bertz CT molecular complexity index is 666. The molecule has 0 saturated carbocycles. The van der Waals surface area contributed by atoms with Crippen LogP contribution in [-0.2, 0) is 6.54 Å². The second-order valence-corrected chi connectivity index (χ2v) is 5.90. The number of rotatable bonds is 8. The van der Waals surface area contributed by atoms with Gasteiger partial charge in [-0.2, -0.15) is 0 Å². The summed E-state index contributed by atoms with van der Waals surface area (Å²) in [6.07, 6.45) is 3.51. The third-order valence-electron chi connectivity index (χ3n) is 3.68. The average Bonchev–Trinajstić information content (AvgIpc) is 2.59. The molecule has 2 rings (SSSR count). The van der Waals surface area contributed by atoms with Crippen molar-refractivity contribution in [2.75, 3.05) is 18.4 Å². The third-order valence-corrected chi connectivity index (χ3v) is 3.68. The number of carbonyl (C=O) groups excluding carboxylic acids is 1. The summed E-state index contributed by atoms with van der Waals surface area (Å²) in [5, 5.41) is 3.19. The van der Waals surface area contributed by atoms with Gasteiger partial charge in [-0.05, 0) is 31.4 Å². The van der Waals surface area contributed by atoms with Crippen LogP contribution in [0.4, 0.5) is 5.95 Å². The Morgan fingerprint density at radius 2 is 1.92 bits per heavy atom. The van der Waals surface area contributed by atoms with E-state index >= 15 is 0 Å². The highest BCUT2D eigenvalue weighted by Gasteiger charge is 2.16. The van der Waals surface area contributed by atoms with Gasteiger partial charge in [0.15, 0.2) is 0 Å². The molecule has 0 saturated heterocycles. The molecule has 0 aliphatic heterocycles. The Labute approximate surface area is 144 Å². The van der Waals surface area contributed by atoms with Crippen LogP contribution in [0.15, 0.2) is 36.5 Å². The number of benzene rings is 1. The summed E-state index contributed by atoms with van der Waals surface area (Å²) >= 11 is 0. The van der Waals surface area contributed by atoms with Crippen LogP contribution in [0.2, 0.25) is 0 Å². The molecule has 0 aliphatic rings. The van der Waals surface area contributed by atoms with Gasteiger partial charge in [-0.1, -0.05) is 43.7 Å². The van der Waals surface area contributed by atoms with Gasteiger partial charge in [0, 0.05) is 25.8 Å². The predicted octanol–water partition coefficient (Wildman–Crippen LogP) is 3.66. The van der Waals surface area contributed by atoms with Gasteiger partial charge in [0.2, 0.25) is 5.95 Å². The van der Waals surface area contributed by atoms with Gasteiger partial charge in [0.25, 0.3) is 5.91 Å². The van der Waals surface area contributed by atoms with E-state index in [2.05, 4.69) is 54.3 Å². The van der Waals surface area contributed by atoms with E-state index in [0.29, 0.717) is 18.2 Å². The molecule has 0 atom stereocenters. The van der Waals surface area contributed by atoms with Crippen LogP contribution >= 0.6 is 0 Å². The molecule has 1 N–H and O–H groups in total. The Hall–Kier alpha value is -2.43. The second kappa shape index (κ2) is 9.01. The molecular formula is C19H26N4O. The molecule has 0 aliphatic carbocycles. The number of aryl methyl sites for hydroxylation is 1. The molecule has 0 spiro atoms. The van der Waals surface area contributed by atoms with Crippen LogP contribution in [0, 0.1) is 6.92 Å². The lowest BCUT2D eigenvalue weighted by atomic mass is 10.1. The number of hydrogen-bond donors (Lipinski definition) is 1. The zero-order valence-corrected chi connectivity index (χ0v) is 14.7. The fraction of sp³-hybridized carbons (Fsp3) is 0.421. The van der Waals surface area contributed by atoms with E-state index < -0.39 is 0 Å². The van der Waals surface area contributed by atoms with Gasteiger partial charge < -0.3 is 10.2 Å². The summed E-state index contributed by atoms with van der Waals surface area (Å²) in [4.78, 5) is 23.1. The number of aromatic nitrogens is 2. The van der Waals surface area contributed by atoms with Crippen molar-refractivity contribution in [2.45, 2.75) is 40.2 Å². The van der Waals surface area contributed by atoms with E-state index in [1.165, 1.54) is 5.56 Å². The summed E-state index contributed by atoms with van der Waals surface area (Å²) in [6.45, 7) is 8.35. The molecule has 1 aromatic carbocycles. The van der Waals surface area contributed by atoms with E-state index in [-0.39, 0.29) is 5.91 Å². The first-order valence-electron chi connectivity index (χ1n) is 8.55. The second-order valence-electron chi connectivity index (χ2n) is 5.90. The summed E-state index contributed by atoms with van der Waals surface area (Å²) in [6, 6.07) is 9.94. The molecule has 0 unspecified atom stereocenters. The first-order chi connectivity index (χ1) is 11.6. The largest absolute Gasteiger partial charge is 0.350 e. The van der Waals surface area contributed by atoms with Crippen molar-refractivity contribution in [2.24, 2.45) is 0 Å². The molecule has 2 aromatic rings. The van der Waals surface area contributed by atoms with Crippen molar-refractivity contribution in [3.63, 3.8) is 0 Å². The molecule has 0 fully saturated rings. The lowest BCUT2D eigenvalue weighted by Crippen LogP contribution is -2.33. The van der Waals surface area contributed by atoms with Crippen LogP contribution in [0.5, 0.6) is 0 Å². The SMILES string of the molecule is CCCN(CCC)C(=O)c1ccnc(NCc2cccc(C)c2)n1. The van der Waals surface area contributed by atoms with Crippen molar-refractivity contribution in [3.8, 4) is 0 Å². The molecule has 1 heterocycles. The maximum atomic E-state index is 12.6. The van der Waals surface area contributed by atoms with Gasteiger partial charge in [-0.3, -0.25) is 4.79 Å². The smallest absolute Gasteiger partial charge is 0.272 e. The van der Waals surface area contributed by atoms with Gasteiger partial charge in [0.05, 0.1) is 0 Å². The highest BCUT2D eigenvalue weighted by atomic mass is 16.2. The average molecular weight is 326 g/mol. The molecular weight excluding hydrogens is 300 g/mol. The summed E-state index contributed by atoms with van der Waals surface area (Å²) in [7, 11) is 0. The van der Waals surface area contributed by atoms with Crippen molar-refractivity contribution in [1.82, 2.24) is 14.9 Å². The predicted molar refractivity (Wildman–Crippen MR) is 97.0 cm³/mol. The quantitative estimate of drug-likeness (QED) is 0.804. The van der Waals surface area contributed by atoms with Crippen molar-refractivity contribution >= 4 is 11.9 Å². The summed E-state index contributed by atoms with van der Waals surface area (Å²) in [5.41, 5.74) is 2.82. The monoisotopic (exact) mass is 326 g/mol. The first kappa shape index (κ1) is 17.9. The molecule has 128 valence electrons. The highest BCUT2D eigenvalue weighted by molar-refractivity contribution is 5.92. The minimum Gasteiger partial charge on any atom is -0.350 e. The van der Waals surface area contributed by atoms with Gasteiger partial charge in [-0.15, -0.1) is 0 Å². The summed E-state index contributed by atoms with van der Waals surface area (Å²) in [5.74, 6) is 0.454. The minimum absolute atomic E-state index is 0.0281. The topological polar surface area (TPSA) is 58.1 Å². The van der Waals surface area contributed by atoms with E-state index in [1.54, 1.807) is 12.3 Å². The Morgan fingerprint density at radius 3 is 2.58 bits per heavy atom. The van der Waals surface area contributed by atoms with E-state index in [0.717, 1.165) is 31.5 Å². The third kappa shape index (κ3) is 5.05. The molecule has 24 heavy (non-hydrogen) atoms. The van der Waals surface area contributed by atoms with Crippen LogP contribution in [0.3, 0.4) is 0 Å². The molecule has 1 aromatic heterocycles. The molecule has 0 radical (unpaired) electrons. The molecule has 5 heteroatoms. The van der Waals surface area contributed by atoms with Gasteiger partial charge in [0.1, 0.15) is 5.69 Å². The number of nitrogens with one attached hydrogen (secondary N) is 1. The highest BCUT2D eigenvalue weighted by Crippen LogP contribution is 2.09.